The minimum atomic E-state index is -4.73. The Labute approximate surface area is 173 Å². The number of hydrogen-bond acceptors (Lipinski definition) is 4. The zero-order valence-electron chi connectivity index (χ0n) is 15.8. The second-order valence-electron chi connectivity index (χ2n) is 6.78. The third-order valence-corrected chi connectivity index (χ3v) is 4.71. The molecule has 2 aromatic rings. The molecule has 1 amide bonds. The van der Waals surface area contributed by atoms with Gasteiger partial charge in [-0.1, -0.05) is 18.2 Å². The summed E-state index contributed by atoms with van der Waals surface area (Å²) < 4.78 is 40.6. The lowest BCUT2D eigenvalue weighted by atomic mass is 10.00. The molecule has 0 saturated carbocycles. The molecule has 29 heavy (non-hydrogen) atoms. The van der Waals surface area contributed by atoms with E-state index in [0.717, 1.165) is 36.3 Å². The molecule has 1 atom stereocenters. The van der Waals surface area contributed by atoms with Crippen LogP contribution in [0.1, 0.15) is 30.5 Å². The molecule has 0 spiro atoms. The zero-order valence-corrected chi connectivity index (χ0v) is 16.6. The van der Waals surface area contributed by atoms with E-state index in [-0.39, 0.29) is 36.7 Å². The van der Waals surface area contributed by atoms with Crippen molar-refractivity contribution >= 4 is 29.7 Å². The highest BCUT2D eigenvalue weighted by atomic mass is 35.5. The normalized spacial score (nSPS) is 14.4. The van der Waals surface area contributed by atoms with Crippen LogP contribution < -0.4 is 20.7 Å². The number of benzene rings is 2. The molecular weight excluding hydrogens is 407 g/mol. The molecule has 3 N–H and O–H groups in total. The van der Waals surface area contributed by atoms with Gasteiger partial charge >= 0.3 is 6.36 Å². The number of alkyl halides is 3. The number of halogens is 4. The van der Waals surface area contributed by atoms with Crippen LogP contribution in [0.3, 0.4) is 0 Å². The Morgan fingerprint density at radius 3 is 2.59 bits per heavy atom. The molecule has 9 heteroatoms. The SMILES string of the molecule is CC(NC(=O)CN1CCCc2c(N)cccc21)c1ccc(OC(F)(F)F)cc1.Cl. The van der Waals surface area contributed by atoms with E-state index in [1.807, 2.05) is 23.1 Å². The van der Waals surface area contributed by atoms with Crippen LogP contribution in [0.4, 0.5) is 24.5 Å². The highest BCUT2D eigenvalue weighted by Gasteiger charge is 2.31. The maximum Gasteiger partial charge on any atom is 0.573 e. The van der Waals surface area contributed by atoms with E-state index in [1.165, 1.54) is 24.3 Å². The summed E-state index contributed by atoms with van der Waals surface area (Å²) in [6.07, 6.45) is -2.91. The van der Waals surface area contributed by atoms with Crippen molar-refractivity contribution < 1.29 is 22.7 Å². The van der Waals surface area contributed by atoms with E-state index >= 15 is 0 Å². The summed E-state index contributed by atoms with van der Waals surface area (Å²) in [5.74, 6) is -0.462. The third kappa shape index (κ3) is 5.93. The highest BCUT2D eigenvalue weighted by molar-refractivity contribution is 5.85. The van der Waals surface area contributed by atoms with Gasteiger partial charge in [-0.25, -0.2) is 0 Å². The van der Waals surface area contributed by atoms with Crippen LogP contribution in [0.15, 0.2) is 42.5 Å². The summed E-state index contributed by atoms with van der Waals surface area (Å²) in [6, 6.07) is 10.8. The first kappa shape index (κ1) is 22.7. The number of nitrogens with one attached hydrogen (secondary N) is 1. The van der Waals surface area contributed by atoms with Crippen LogP contribution in [0, 0.1) is 0 Å². The largest absolute Gasteiger partial charge is 0.573 e. The van der Waals surface area contributed by atoms with E-state index in [9.17, 15) is 18.0 Å². The molecule has 0 saturated heterocycles. The Bertz CT molecular complexity index is 844. The van der Waals surface area contributed by atoms with Crippen LogP contribution >= 0.6 is 12.4 Å². The molecular formula is C20H23ClF3N3O2. The van der Waals surface area contributed by atoms with E-state index in [4.69, 9.17) is 5.73 Å². The van der Waals surface area contributed by atoms with E-state index in [1.54, 1.807) is 6.92 Å². The molecule has 158 valence electrons. The van der Waals surface area contributed by atoms with Crippen molar-refractivity contribution in [2.24, 2.45) is 0 Å². The first-order valence-corrected chi connectivity index (χ1v) is 9.00. The van der Waals surface area contributed by atoms with Crippen LogP contribution in [0.2, 0.25) is 0 Å². The monoisotopic (exact) mass is 429 g/mol. The third-order valence-electron chi connectivity index (χ3n) is 4.71. The summed E-state index contributed by atoms with van der Waals surface area (Å²) in [4.78, 5) is 14.5. The number of rotatable bonds is 5. The molecule has 0 fully saturated rings. The Hall–Kier alpha value is -2.61. The summed E-state index contributed by atoms with van der Waals surface area (Å²) in [6.45, 7) is 2.73. The Kier molecular flexibility index (Phi) is 7.24. The van der Waals surface area contributed by atoms with Gasteiger partial charge in [-0.15, -0.1) is 25.6 Å². The Balaban J connectivity index is 0.00000300. The summed E-state index contributed by atoms with van der Waals surface area (Å²) in [7, 11) is 0. The number of nitrogens with two attached hydrogens (primary N) is 1. The topological polar surface area (TPSA) is 67.6 Å². The fourth-order valence-electron chi connectivity index (χ4n) is 3.39. The molecule has 0 bridgehead atoms. The molecule has 1 unspecified atom stereocenters. The van der Waals surface area contributed by atoms with Gasteiger partial charge in [-0.3, -0.25) is 4.79 Å². The standard InChI is InChI=1S/C20H22F3N3O2.ClH/c1-13(14-7-9-15(10-8-14)28-20(21,22)23)25-19(27)12-26-11-3-4-16-17(24)5-2-6-18(16)26;/h2,5-10,13H,3-4,11-12,24H2,1H3,(H,25,27);1H. The van der Waals surface area contributed by atoms with E-state index in [0.29, 0.717) is 5.56 Å². The van der Waals surface area contributed by atoms with Crippen molar-refractivity contribution in [2.75, 3.05) is 23.7 Å². The molecule has 1 aliphatic heterocycles. The molecule has 5 nitrogen and oxygen atoms in total. The molecule has 2 aromatic carbocycles. The number of nitrogens with zero attached hydrogens (tertiary/aromatic N) is 1. The Morgan fingerprint density at radius 2 is 1.93 bits per heavy atom. The van der Waals surface area contributed by atoms with Crippen molar-refractivity contribution in [1.82, 2.24) is 5.32 Å². The van der Waals surface area contributed by atoms with Gasteiger partial charge in [0.15, 0.2) is 0 Å². The van der Waals surface area contributed by atoms with Gasteiger partial charge in [-0.2, -0.15) is 0 Å². The summed E-state index contributed by atoms with van der Waals surface area (Å²) in [5.41, 5.74) is 9.49. The smallest absolute Gasteiger partial charge is 0.406 e. The first-order valence-electron chi connectivity index (χ1n) is 9.00. The van der Waals surface area contributed by atoms with Crippen molar-refractivity contribution in [2.45, 2.75) is 32.2 Å². The van der Waals surface area contributed by atoms with Gasteiger partial charge in [0.25, 0.3) is 0 Å². The average Bonchev–Trinajstić information content (AvgIpc) is 2.62. The lowest BCUT2D eigenvalue weighted by molar-refractivity contribution is -0.274. The molecule has 0 aliphatic carbocycles. The highest BCUT2D eigenvalue weighted by Crippen LogP contribution is 2.31. The fourth-order valence-corrected chi connectivity index (χ4v) is 3.39. The van der Waals surface area contributed by atoms with E-state index in [2.05, 4.69) is 10.1 Å². The van der Waals surface area contributed by atoms with Crippen molar-refractivity contribution in [3.8, 4) is 5.75 Å². The van der Waals surface area contributed by atoms with Crippen LogP contribution in [0.5, 0.6) is 5.75 Å². The number of nitrogen functional groups attached to an aromatic ring is 1. The van der Waals surface area contributed by atoms with Gasteiger partial charge in [0.1, 0.15) is 5.75 Å². The molecule has 3 rings (SSSR count). The molecule has 1 heterocycles. The van der Waals surface area contributed by atoms with Gasteiger partial charge in [0.2, 0.25) is 5.91 Å². The van der Waals surface area contributed by atoms with Gasteiger partial charge in [0.05, 0.1) is 12.6 Å². The maximum absolute atomic E-state index is 12.5. The van der Waals surface area contributed by atoms with Crippen LogP contribution in [-0.4, -0.2) is 25.4 Å². The fraction of sp³-hybridized carbons (Fsp3) is 0.350. The number of amides is 1. The van der Waals surface area contributed by atoms with Gasteiger partial charge < -0.3 is 20.7 Å². The first-order chi connectivity index (χ1) is 13.2. The number of carbonyl (C=O) groups is 1. The lowest BCUT2D eigenvalue weighted by Crippen LogP contribution is -2.40. The van der Waals surface area contributed by atoms with Gasteiger partial charge in [0, 0.05) is 17.9 Å². The van der Waals surface area contributed by atoms with Crippen LogP contribution in [-0.2, 0) is 11.2 Å². The van der Waals surface area contributed by atoms with Crippen molar-refractivity contribution in [3.63, 3.8) is 0 Å². The summed E-state index contributed by atoms with van der Waals surface area (Å²) >= 11 is 0. The Morgan fingerprint density at radius 1 is 1.24 bits per heavy atom. The maximum atomic E-state index is 12.5. The predicted octanol–water partition coefficient (Wildman–Crippen LogP) is 4.22. The quantitative estimate of drug-likeness (QED) is 0.698. The second-order valence-corrected chi connectivity index (χ2v) is 6.78. The number of anilines is 2. The summed E-state index contributed by atoms with van der Waals surface area (Å²) in [5, 5.41) is 2.88. The van der Waals surface area contributed by atoms with Crippen molar-refractivity contribution in [1.29, 1.82) is 0 Å². The second kappa shape index (κ2) is 9.26. The van der Waals surface area contributed by atoms with E-state index < -0.39 is 6.36 Å². The molecule has 0 radical (unpaired) electrons. The van der Waals surface area contributed by atoms with Crippen molar-refractivity contribution in [3.05, 3.63) is 53.6 Å². The van der Waals surface area contributed by atoms with Gasteiger partial charge in [-0.05, 0) is 55.2 Å². The number of fused-ring (bicyclic) bond motifs is 1. The van der Waals surface area contributed by atoms with Crippen LogP contribution in [0.25, 0.3) is 0 Å². The lowest BCUT2D eigenvalue weighted by Gasteiger charge is -2.31. The molecule has 0 aromatic heterocycles. The minimum Gasteiger partial charge on any atom is -0.406 e. The minimum absolute atomic E-state index is 0. The zero-order chi connectivity index (χ0) is 20.3. The number of ether oxygens (including phenoxy) is 1. The molecule has 1 aliphatic rings. The average molecular weight is 430 g/mol. The number of carbonyl (C=O) groups excluding carboxylic acids is 1. The number of hydrogen-bond donors (Lipinski definition) is 2. The predicted molar refractivity (Wildman–Crippen MR) is 108 cm³/mol.